The maximum atomic E-state index is 11.5. The van der Waals surface area contributed by atoms with Crippen LogP contribution in [0, 0.1) is 0 Å². The van der Waals surface area contributed by atoms with Gasteiger partial charge < -0.3 is 30.6 Å². The molecule has 8 heteroatoms. The zero-order valence-electron chi connectivity index (χ0n) is 14.2. The van der Waals surface area contributed by atoms with Gasteiger partial charge in [-0.3, -0.25) is 0 Å². The minimum atomic E-state index is -1.08. The van der Waals surface area contributed by atoms with E-state index in [0.717, 1.165) is 13.1 Å². The predicted octanol–water partition coefficient (Wildman–Crippen LogP) is 0.991. The fraction of sp³-hybridized carbons (Fsp3) is 0.857. The molecule has 0 rings (SSSR count). The summed E-state index contributed by atoms with van der Waals surface area (Å²) in [5.74, 6) is 0. The van der Waals surface area contributed by atoms with Gasteiger partial charge in [-0.05, 0) is 34.6 Å². The van der Waals surface area contributed by atoms with Crippen LogP contribution in [0.5, 0.6) is 0 Å². The van der Waals surface area contributed by atoms with E-state index < -0.39 is 23.5 Å². The molecule has 0 amide bonds. The number of rotatable bonds is 8. The van der Waals surface area contributed by atoms with Gasteiger partial charge >= 0.3 is 12.3 Å². The SMILES string of the molecule is CC(C)(C)OC(=O)OC(=O)OC(C)(C)CNCCNCCN. The van der Waals surface area contributed by atoms with Crippen LogP contribution >= 0.6 is 0 Å². The minimum Gasteiger partial charge on any atom is -0.428 e. The molecule has 0 aliphatic carbocycles. The highest BCUT2D eigenvalue weighted by Crippen LogP contribution is 2.12. The van der Waals surface area contributed by atoms with Gasteiger partial charge in [0.1, 0.15) is 11.2 Å². The molecular formula is C14H29N3O5. The topological polar surface area (TPSA) is 112 Å². The maximum absolute atomic E-state index is 11.5. The van der Waals surface area contributed by atoms with E-state index >= 15 is 0 Å². The fourth-order valence-corrected chi connectivity index (χ4v) is 1.41. The summed E-state index contributed by atoms with van der Waals surface area (Å²) in [5.41, 5.74) is 3.81. The lowest BCUT2D eigenvalue weighted by atomic mass is 10.1. The molecule has 0 fully saturated rings. The van der Waals surface area contributed by atoms with E-state index in [1.807, 2.05) is 0 Å². The lowest BCUT2D eigenvalue weighted by Gasteiger charge is -2.25. The van der Waals surface area contributed by atoms with Crippen molar-refractivity contribution in [3.8, 4) is 0 Å². The molecule has 0 aromatic rings. The predicted molar refractivity (Wildman–Crippen MR) is 82.7 cm³/mol. The number of hydrogen-bond acceptors (Lipinski definition) is 8. The van der Waals surface area contributed by atoms with Crippen molar-refractivity contribution in [3.05, 3.63) is 0 Å². The molecule has 0 radical (unpaired) electrons. The van der Waals surface area contributed by atoms with Crippen LogP contribution in [-0.2, 0) is 14.2 Å². The Balaban J connectivity index is 3.98. The van der Waals surface area contributed by atoms with E-state index in [2.05, 4.69) is 15.4 Å². The molecule has 0 bridgehead atoms. The van der Waals surface area contributed by atoms with Gasteiger partial charge in [0.2, 0.25) is 0 Å². The van der Waals surface area contributed by atoms with Crippen LogP contribution in [0.25, 0.3) is 0 Å². The summed E-state index contributed by atoms with van der Waals surface area (Å²) < 4.78 is 14.4. The van der Waals surface area contributed by atoms with Crippen molar-refractivity contribution in [1.29, 1.82) is 0 Å². The van der Waals surface area contributed by atoms with Crippen molar-refractivity contribution < 1.29 is 23.8 Å². The van der Waals surface area contributed by atoms with Gasteiger partial charge in [0, 0.05) is 32.7 Å². The van der Waals surface area contributed by atoms with Gasteiger partial charge in [-0.1, -0.05) is 0 Å². The zero-order chi connectivity index (χ0) is 17.2. The molecule has 0 saturated carbocycles. The van der Waals surface area contributed by atoms with Crippen molar-refractivity contribution in [2.45, 2.75) is 45.8 Å². The van der Waals surface area contributed by atoms with Crippen molar-refractivity contribution >= 4 is 12.3 Å². The summed E-state index contributed by atoms with van der Waals surface area (Å²) in [6.45, 7) is 11.7. The third-order valence-electron chi connectivity index (χ3n) is 2.27. The molecule has 0 aromatic carbocycles. The van der Waals surface area contributed by atoms with Crippen LogP contribution in [-0.4, -0.2) is 56.2 Å². The van der Waals surface area contributed by atoms with E-state index in [-0.39, 0.29) is 0 Å². The van der Waals surface area contributed by atoms with E-state index in [1.54, 1.807) is 34.6 Å². The van der Waals surface area contributed by atoms with Crippen LogP contribution in [0.3, 0.4) is 0 Å². The normalized spacial score (nSPS) is 11.9. The molecule has 0 aromatic heterocycles. The molecule has 0 spiro atoms. The fourth-order valence-electron chi connectivity index (χ4n) is 1.41. The summed E-state index contributed by atoms with van der Waals surface area (Å²) in [6, 6.07) is 0. The van der Waals surface area contributed by atoms with Gasteiger partial charge in [-0.2, -0.15) is 0 Å². The van der Waals surface area contributed by atoms with Crippen LogP contribution < -0.4 is 16.4 Å². The van der Waals surface area contributed by atoms with Crippen LogP contribution in [0.2, 0.25) is 0 Å². The summed E-state index contributed by atoms with van der Waals surface area (Å²) in [7, 11) is 0. The average Bonchev–Trinajstić information content (AvgIpc) is 2.29. The van der Waals surface area contributed by atoms with Crippen LogP contribution in [0.1, 0.15) is 34.6 Å². The molecule has 0 saturated heterocycles. The lowest BCUT2D eigenvalue weighted by Crippen LogP contribution is -2.42. The van der Waals surface area contributed by atoms with Crippen molar-refractivity contribution in [2.24, 2.45) is 5.73 Å². The Kier molecular flexibility index (Phi) is 9.00. The van der Waals surface area contributed by atoms with Gasteiger partial charge in [0.15, 0.2) is 0 Å². The quantitative estimate of drug-likeness (QED) is 0.345. The highest BCUT2D eigenvalue weighted by Gasteiger charge is 2.27. The monoisotopic (exact) mass is 319 g/mol. The summed E-state index contributed by atoms with van der Waals surface area (Å²) in [6.07, 6.45) is -2.16. The summed E-state index contributed by atoms with van der Waals surface area (Å²) >= 11 is 0. The maximum Gasteiger partial charge on any atom is 0.519 e. The molecule has 4 N–H and O–H groups in total. The molecule has 22 heavy (non-hydrogen) atoms. The number of ether oxygens (including phenoxy) is 3. The molecule has 0 unspecified atom stereocenters. The van der Waals surface area contributed by atoms with E-state index in [4.69, 9.17) is 15.2 Å². The van der Waals surface area contributed by atoms with Crippen molar-refractivity contribution in [1.82, 2.24) is 10.6 Å². The number of nitrogens with one attached hydrogen (secondary N) is 2. The highest BCUT2D eigenvalue weighted by molar-refractivity contribution is 5.77. The number of carbonyl (C=O) groups excluding carboxylic acids is 2. The highest BCUT2D eigenvalue weighted by atomic mass is 16.8. The minimum absolute atomic E-state index is 0.417. The van der Waals surface area contributed by atoms with Crippen molar-refractivity contribution in [3.63, 3.8) is 0 Å². The Hall–Kier alpha value is -1.38. The second-order valence-electron chi connectivity index (χ2n) is 6.39. The molecule has 0 aliphatic rings. The molecule has 0 heterocycles. The Morgan fingerprint density at radius 2 is 1.45 bits per heavy atom. The Morgan fingerprint density at radius 3 is 2.00 bits per heavy atom. The standard InChI is InChI=1S/C14H29N3O5/c1-13(2,3)21-11(18)20-12(19)22-14(4,5)10-17-9-8-16-7-6-15/h16-17H,6-10,15H2,1-5H3. The van der Waals surface area contributed by atoms with Gasteiger partial charge in [-0.15, -0.1) is 0 Å². The van der Waals surface area contributed by atoms with Gasteiger partial charge in [0.25, 0.3) is 0 Å². The van der Waals surface area contributed by atoms with Crippen LogP contribution in [0.15, 0.2) is 0 Å². The van der Waals surface area contributed by atoms with Gasteiger partial charge in [0.05, 0.1) is 0 Å². The molecular weight excluding hydrogens is 290 g/mol. The van der Waals surface area contributed by atoms with Crippen molar-refractivity contribution in [2.75, 3.05) is 32.7 Å². The van der Waals surface area contributed by atoms with Crippen LogP contribution in [0.4, 0.5) is 9.59 Å². The first-order chi connectivity index (χ1) is 10.1. The summed E-state index contributed by atoms with van der Waals surface area (Å²) in [5, 5.41) is 6.26. The second kappa shape index (κ2) is 9.60. The van der Waals surface area contributed by atoms with E-state index in [1.165, 1.54) is 0 Å². The Labute approximate surface area is 132 Å². The second-order valence-corrected chi connectivity index (χ2v) is 6.39. The molecule has 130 valence electrons. The average molecular weight is 319 g/mol. The number of nitrogens with two attached hydrogens (primary N) is 1. The smallest absolute Gasteiger partial charge is 0.428 e. The Morgan fingerprint density at radius 1 is 0.909 bits per heavy atom. The first kappa shape index (κ1) is 20.6. The largest absolute Gasteiger partial charge is 0.519 e. The third-order valence-corrected chi connectivity index (χ3v) is 2.27. The molecule has 0 aliphatic heterocycles. The van der Waals surface area contributed by atoms with Gasteiger partial charge in [-0.25, -0.2) is 9.59 Å². The molecule has 0 atom stereocenters. The first-order valence-corrected chi connectivity index (χ1v) is 7.31. The van der Waals surface area contributed by atoms with E-state index in [0.29, 0.717) is 19.6 Å². The first-order valence-electron chi connectivity index (χ1n) is 7.31. The number of hydrogen-bond donors (Lipinski definition) is 3. The molecule has 8 nitrogen and oxygen atoms in total. The Bertz CT molecular complexity index is 353. The number of carbonyl (C=O) groups is 2. The third kappa shape index (κ3) is 12.4. The summed E-state index contributed by atoms with van der Waals surface area (Å²) in [4.78, 5) is 22.9. The lowest BCUT2D eigenvalue weighted by molar-refractivity contribution is -0.0336. The zero-order valence-corrected chi connectivity index (χ0v) is 14.2. The van der Waals surface area contributed by atoms with E-state index in [9.17, 15) is 9.59 Å².